The van der Waals surface area contributed by atoms with Crippen LogP contribution in [0.15, 0.2) is 54.0 Å². The summed E-state index contributed by atoms with van der Waals surface area (Å²) in [5.41, 5.74) is 0.985. The number of nitrogens with zero attached hydrogens (tertiary/aromatic N) is 3. The first-order valence-corrected chi connectivity index (χ1v) is 9.54. The van der Waals surface area contributed by atoms with E-state index < -0.39 is 17.8 Å². The van der Waals surface area contributed by atoms with Crippen molar-refractivity contribution < 1.29 is 18.0 Å². The van der Waals surface area contributed by atoms with E-state index in [1.807, 2.05) is 31.2 Å². The van der Waals surface area contributed by atoms with Crippen LogP contribution in [-0.4, -0.2) is 20.5 Å². The fourth-order valence-corrected chi connectivity index (χ4v) is 3.55. The highest BCUT2D eigenvalue weighted by Gasteiger charge is 2.36. The van der Waals surface area contributed by atoms with Crippen LogP contribution in [0.3, 0.4) is 0 Å². The summed E-state index contributed by atoms with van der Waals surface area (Å²) in [4.78, 5) is 17.5. The van der Waals surface area contributed by atoms with Gasteiger partial charge < -0.3 is 5.32 Å². The van der Waals surface area contributed by atoms with Gasteiger partial charge in [-0.1, -0.05) is 35.9 Å². The lowest BCUT2D eigenvalue weighted by Gasteiger charge is -2.11. The molecule has 3 heterocycles. The number of hydrogen-bond donors (Lipinski definition) is 1. The van der Waals surface area contributed by atoms with Gasteiger partial charge in [0.05, 0.1) is 16.8 Å². The molecule has 4 rings (SSSR count). The van der Waals surface area contributed by atoms with Crippen LogP contribution in [0.5, 0.6) is 0 Å². The van der Waals surface area contributed by atoms with Gasteiger partial charge >= 0.3 is 6.18 Å². The predicted molar refractivity (Wildman–Crippen MR) is 104 cm³/mol. The monoisotopic (exact) mass is 416 g/mol. The minimum Gasteiger partial charge on any atom is -0.348 e. The van der Waals surface area contributed by atoms with Crippen LogP contribution < -0.4 is 5.32 Å². The molecule has 29 heavy (non-hydrogen) atoms. The highest BCUT2D eigenvalue weighted by molar-refractivity contribution is 7.13. The smallest absolute Gasteiger partial charge is 0.348 e. The van der Waals surface area contributed by atoms with Gasteiger partial charge in [0, 0.05) is 6.54 Å². The number of alkyl halides is 3. The molecule has 0 aliphatic rings. The molecule has 5 nitrogen and oxygen atoms in total. The molecular formula is C20H15F3N4OS. The fraction of sp³-hybridized carbons (Fsp3) is 0.150. The maximum Gasteiger partial charge on any atom is 0.433 e. The number of aromatic nitrogens is 3. The molecule has 0 radical (unpaired) electrons. The van der Waals surface area contributed by atoms with E-state index in [1.54, 1.807) is 17.5 Å². The third kappa shape index (κ3) is 3.86. The van der Waals surface area contributed by atoms with Gasteiger partial charge in [0.15, 0.2) is 11.3 Å². The maximum atomic E-state index is 13.6. The zero-order valence-corrected chi connectivity index (χ0v) is 16.0. The molecule has 0 atom stereocenters. The van der Waals surface area contributed by atoms with E-state index in [9.17, 15) is 18.0 Å². The number of aryl methyl sites for hydroxylation is 1. The molecule has 148 valence electrons. The molecule has 0 bridgehead atoms. The molecule has 1 amide bonds. The van der Waals surface area contributed by atoms with Crippen LogP contribution in [0.25, 0.3) is 16.2 Å². The van der Waals surface area contributed by atoms with Gasteiger partial charge in [0.2, 0.25) is 0 Å². The molecule has 4 aromatic rings. The molecule has 0 aliphatic heterocycles. The third-order valence-corrected chi connectivity index (χ3v) is 5.25. The van der Waals surface area contributed by atoms with Crippen molar-refractivity contribution in [3.05, 3.63) is 76.4 Å². The van der Waals surface area contributed by atoms with E-state index in [0.29, 0.717) is 9.39 Å². The van der Waals surface area contributed by atoms with Crippen LogP contribution in [0.4, 0.5) is 13.2 Å². The van der Waals surface area contributed by atoms with E-state index >= 15 is 0 Å². The lowest BCUT2D eigenvalue weighted by Crippen LogP contribution is -2.23. The van der Waals surface area contributed by atoms with Crippen molar-refractivity contribution in [1.29, 1.82) is 0 Å². The SMILES string of the molecule is Cc1ccc(CNC(=O)c2cnn3c(C(F)(F)F)cc(-c4cccs4)nc23)cc1. The van der Waals surface area contributed by atoms with E-state index in [4.69, 9.17) is 0 Å². The van der Waals surface area contributed by atoms with Gasteiger partial charge in [-0.05, 0) is 30.0 Å². The summed E-state index contributed by atoms with van der Waals surface area (Å²) in [5, 5.41) is 8.24. The molecule has 3 aromatic heterocycles. The van der Waals surface area contributed by atoms with Gasteiger partial charge in [-0.15, -0.1) is 11.3 Å². The highest BCUT2D eigenvalue weighted by atomic mass is 32.1. The van der Waals surface area contributed by atoms with Crippen molar-refractivity contribution >= 4 is 22.9 Å². The first kappa shape index (κ1) is 19.1. The van der Waals surface area contributed by atoms with Crippen LogP contribution >= 0.6 is 11.3 Å². The van der Waals surface area contributed by atoms with Gasteiger partial charge in [0.25, 0.3) is 5.91 Å². The molecule has 9 heteroatoms. The highest BCUT2D eigenvalue weighted by Crippen LogP contribution is 2.33. The van der Waals surface area contributed by atoms with Crippen LogP contribution in [-0.2, 0) is 12.7 Å². The standard InChI is InChI=1S/C20H15F3N4OS/c1-12-4-6-13(7-5-12)10-24-19(28)14-11-25-27-17(20(21,22)23)9-15(26-18(14)27)16-3-2-8-29-16/h2-9,11H,10H2,1H3,(H,24,28). The normalized spacial score (nSPS) is 11.7. The van der Waals surface area contributed by atoms with Crippen LogP contribution in [0.1, 0.15) is 27.2 Å². The van der Waals surface area contributed by atoms with Crippen LogP contribution in [0.2, 0.25) is 0 Å². The largest absolute Gasteiger partial charge is 0.433 e. The second-order valence-electron chi connectivity index (χ2n) is 6.46. The molecule has 0 unspecified atom stereocenters. The topological polar surface area (TPSA) is 59.3 Å². The summed E-state index contributed by atoms with van der Waals surface area (Å²) in [7, 11) is 0. The Hall–Kier alpha value is -3.20. The quantitative estimate of drug-likeness (QED) is 0.524. The minimum absolute atomic E-state index is 0.0129. The van der Waals surface area contributed by atoms with Crippen molar-refractivity contribution in [2.45, 2.75) is 19.6 Å². The van der Waals surface area contributed by atoms with Gasteiger partial charge in [-0.25, -0.2) is 9.50 Å². The van der Waals surface area contributed by atoms with E-state index in [1.165, 1.54) is 11.3 Å². The first-order chi connectivity index (χ1) is 13.8. The number of fused-ring (bicyclic) bond motifs is 1. The molecule has 0 saturated heterocycles. The Morgan fingerprint density at radius 2 is 1.97 bits per heavy atom. The second-order valence-corrected chi connectivity index (χ2v) is 7.41. The lowest BCUT2D eigenvalue weighted by molar-refractivity contribution is -0.142. The van der Waals surface area contributed by atoms with Gasteiger partial charge in [-0.2, -0.15) is 18.3 Å². The Labute approximate surface area is 167 Å². The molecule has 0 fully saturated rings. The second kappa shape index (κ2) is 7.32. The number of rotatable bonds is 4. The summed E-state index contributed by atoms with van der Waals surface area (Å²) in [6.07, 6.45) is -3.53. The summed E-state index contributed by atoms with van der Waals surface area (Å²) in [5.74, 6) is -0.537. The Bertz CT molecular complexity index is 1170. The number of carbonyl (C=O) groups is 1. The average Bonchev–Trinajstić information content (AvgIpc) is 3.35. The minimum atomic E-state index is -4.64. The van der Waals surface area contributed by atoms with E-state index in [-0.39, 0.29) is 23.4 Å². The Balaban J connectivity index is 1.72. The number of thiophene rings is 1. The lowest BCUT2D eigenvalue weighted by atomic mass is 10.1. The van der Waals surface area contributed by atoms with E-state index in [2.05, 4.69) is 15.4 Å². The molecule has 0 saturated carbocycles. The fourth-order valence-electron chi connectivity index (χ4n) is 2.86. The number of benzene rings is 1. The predicted octanol–water partition coefficient (Wildman–Crippen LogP) is 4.72. The van der Waals surface area contributed by atoms with Crippen molar-refractivity contribution in [3.63, 3.8) is 0 Å². The van der Waals surface area contributed by atoms with Gasteiger partial charge in [0.1, 0.15) is 5.56 Å². The zero-order valence-electron chi connectivity index (χ0n) is 15.2. The van der Waals surface area contributed by atoms with Crippen molar-refractivity contribution in [2.24, 2.45) is 0 Å². The molecule has 1 N–H and O–H groups in total. The van der Waals surface area contributed by atoms with Crippen molar-refractivity contribution in [3.8, 4) is 10.6 Å². The maximum absolute atomic E-state index is 13.6. The van der Waals surface area contributed by atoms with E-state index in [0.717, 1.165) is 23.4 Å². The van der Waals surface area contributed by atoms with Crippen molar-refractivity contribution in [1.82, 2.24) is 19.9 Å². The average molecular weight is 416 g/mol. The van der Waals surface area contributed by atoms with Crippen molar-refractivity contribution in [2.75, 3.05) is 0 Å². The molecular weight excluding hydrogens is 401 g/mol. The first-order valence-electron chi connectivity index (χ1n) is 8.66. The Morgan fingerprint density at radius 3 is 2.62 bits per heavy atom. The van der Waals surface area contributed by atoms with Gasteiger partial charge in [-0.3, -0.25) is 4.79 Å². The third-order valence-electron chi connectivity index (χ3n) is 4.35. The number of amides is 1. The van der Waals surface area contributed by atoms with Crippen LogP contribution in [0, 0.1) is 6.92 Å². The summed E-state index contributed by atoms with van der Waals surface area (Å²) >= 11 is 1.27. The summed E-state index contributed by atoms with van der Waals surface area (Å²) in [6, 6.07) is 11.9. The molecule has 0 spiro atoms. The summed E-state index contributed by atoms with van der Waals surface area (Å²) in [6.45, 7) is 2.20. The number of carbonyl (C=O) groups excluding carboxylic acids is 1. The zero-order chi connectivity index (χ0) is 20.6. The Kier molecular flexibility index (Phi) is 4.83. The number of hydrogen-bond acceptors (Lipinski definition) is 4. The number of nitrogens with one attached hydrogen (secondary N) is 1. The molecule has 1 aromatic carbocycles. The number of halogens is 3. The molecule has 0 aliphatic carbocycles. The Morgan fingerprint density at radius 1 is 1.21 bits per heavy atom. The summed E-state index contributed by atoms with van der Waals surface area (Å²) < 4.78 is 41.4.